The Kier molecular flexibility index (Phi) is 8.64. The summed E-state index contributed by atoms with van der Waals surface area (Å²) in [6, 6.07) is 12.1. The lowest BCUT2D eigenvalue weighted by atomic mass is 10.1. The standard InChI is InChI=1S/C21H23N5O6S3/c1-4-16(25(35(3,30)31)17-12-15(26(28)29)10-11-18(17)32-2)19(27)22-20-23-24-21(34-20)33-13-14-8-6-5-7-9-14/h5-12,16H,4,13H2,1-3H3,(H,22,23,27)/t16-/m1/s1. The van der Waals surface area contributed by atoms with Crippen LogP contribution >= 0.6 is 23.1 Å². The third-order valence-corrected chi connectivity index (χ3v) is 7.99. The van der Waals surface area contributed by atoms with E-state index in [0.717, 1.165) is 33.5 Å². The number of amides is 1. The van der Waals surface area contributed by atoms with Gasteiger partial charge >= 0.3 is 0 Å². The highest BCUT2D eigenvalue weighted by molar-refractivity contribution is 8.00. The normalized spacial score (nSPS) is 12.1. The van der Waals surface area contributed by atoms with Gasteiger partial charge in [-0.1, -0.05) is 60.4 Å². The zero-order valence-corrected chi connectivity index (χ0v) is 21.5. The summed E-state index contributed by atoms with van der Waals surface area (Å²) in [7, 11) is -2.73. The lowest BCUT2D eigenvalue weighted by Gasteiger charge is -2.30. The van der Waals surface area contributed by atoms with Gasteiger partial charge in [-0.05, 0) is 18.1 Å². The molecule has 35 heavy (non-hydrogen) atoms. The number of rotatable bonds is 11. The molecule has 0 radical (unpaired) electrons. The van der Waals surface area contributed by atoms with E-state index < -0.39 is 26.9 Å². The van der Waals surface area contributed by atoms with Crippen molar-refractivity contribution < 1.29 is 22.9 Å². The van der Waals surface area contributed by atoms with Crippen molar-refractivity contribution in [3.05, 3.63) is 64.2 Å². The Balaban J connectivity index is 1.84. The minimum Gasteiger partial charge on any atom is -0.495 e. The van der Waals surface area contributed by atoms with Gasteiger partial charge in [-0.3, -0.25) is 24.5 Å². The van der Waals surface area contributed by atoms with Crippen molar-refractivity contribution in [3.8, 4) is 5.75 Å². The SMILES string of the molecule is CC[C@H](C(=O)Nc1nnc(SCc2ccccc2)s1)N(c1cc([N+](=O)[O-])ccc1OC)S(C)(=O)=O. The topological polar surface area (TPSA) is 145 Å². The number of nitro groups is 1. The molecule has 0 aliphatic heterocycles. The Morgan fingerprint density at radius 1 is 1.26 bits per heavy atom. The van der Waals surface area contributed by atoms with Crippen molar-refractivity contribution in [2.45, 2.75) is 29.5 Å². The molecule has 0 aliphatic rings. The van der Waals surface area contributed by atoms with Crippen LogP contribution in [-0.2, 0) is 20.6 Å². The fourth-order valence-corrected chi connectivity index (χ4v) is 6.14. The molecule has 11 nitrogen and oxygen atoms in total. The van der Waals surface area contributed by atoms with Gasteiger partial charge in [0.2, 0.25) is 21.1 Å². The summed E-state index contributed by atoms with van der Waals surface area (Å²) in [5, 5.41) is 22.2. The summed E-state index contributed by atoms with van der Waals surface area (Å²) >= 11 is 2.62. The van der Waals surface area contributed by atoms with E-state index in [1.165, 1.54) is 31.0 Å². The molecular weight excluding hydrogens is 514 g/mol. The molecule has 2 aromatic carbocycles. The monoisotopic (exact) mass is 537 g/mol. The minimum absolute atomic E-state index is 0.0720. The number of aromatic nitrogens is 2. The number of carbonyl (C=O) groups is 1. The molecular formula is C21H23N5O6S3. The number of nitrogens with one attached hydrogen (secondary N) is 1. The predicted molar refractivity (Wildman–Crippen MR) is 136 cm³/mol. The van der Waals surface area contributed by atoms with Gasteiger partial charge in [0.05, 0.1) is 18.3 Å². The number of anilines is 2. The van der Waals surface area contributed by atoms with Crippen molar-refractivity contribution in [1.29, 1.82) is 0 Å². The van der Waals surface area contributed by atoms with Crippen LogP contribution in [0.2, 0.25) is 0 Å². The maximum atomic E-state index is 13.2. The van der Waals surface area contributed by atoms with E-state index in [1.54, 1.807) is 6.92 Å². The van der Waals surface area contributed by atoms with Gasteiger partial charge in [-0.25, -0.2) is 8.42 Å². The molecule has 0 bridgehead atoms. The number of nitro benzene ring substituents is 1. The van der Waals surface area contributed by atoms with E-state index >= 15 is 0 Å². The Morgan fingerprint density at radius 2 is 1.97 bits per heavy atom. The minimum atomic E-state index is -4.04. The van der Waals surface area contributed by atoms with Crippen LogP contribution in [0.25, 0.3) is 0 Å². The fourth-order valence-electron chi connectivity index (χ4n) is 3.23. The van der Waals surface area contributed by atoms with E-state index in [0.29, 0.717) is 10.1 Å². The lowest BCUT2D eigenvalue weighted by molar-refractivity contribution is -0.384. The van der Waals surface area contributed by atoms with Crippen molar-refractivity contribution in [1.82, 2.24) is 10.2 Å². The number of benzene rings is 2. The second-order valence-electron chi connectivity index (χ2n) is 7.23. The molecule has 1 N–H and O–H groups in total. The Bertz CT molecular complexity index is 1300. The van der Waals surface area contributed by atoms with Gasteiger partial charge in [0.15, 0.2) is 4.34 Å². The van der Waals surface area contributed by atoms with Gasteiger partial charge in [0.25, 0.3) is 5.69 Å². The maximum Gasteiger partial charge on any atom is 0.271 e. The fraction of sp³-hybridized carbons (Fsp3) is 0.286. The van der Waals surface area contributed by atoms with Crippen LogP contribution in [0.5, 0.6) is 5.75 Å². The van der Waals surface area contributed by atoms with Crippen LogP contribution < -0.4 is 14.4 Å². The number of nitrogens with zero attached hydrogens (tertiary/aromatic N) is 4. The molecule has 0 aliphatic carbocycles. The molecule has 0 saturated carbocycles. The summed E-state index contributed by atoms with van der Waals surface area (Å²) in [6.07, 6.45) is 1.00. The molecule has 0 fully saturated rings. The van der Waals surface area contributed by atoms with Crippen LogP contribution in [0.4, 0.5) is 16.5 Å². The largest absolute Gasteiger partial charge is 0.495 e. The highest BCUT2D eigenvalue weighted by atomic mass is 32.2. The first kappa shape index (κ1) is 26.4. The van der Waals surface area contributed by atoms with Gasteiger partial charge in [0, 0.05) is 17.9 Å². The van der Waals surface area contributed by atoms with E-state index in [4.69, 9.17) is 4.74 Å². The number of sulfonamides is 1. The number of thioether (sulfide) groups is 1. The molecule has 1 heterocycles. The number of non-ortho nitro benzene ring substituents is 1. The first-order valence-corrected chi connectivity index (χ1v) is 13.9. The van der Waals surface area contributed by atoms with Crippen molar-refractivity contribution in [2.75, 3.05) is 23.0 Å². The molecule has 3 aromatic rings. The van der Waals surface area contributed by atoms with Gasteiger partial charge in [0.1, 0.15) is 17.5 Å². The summed E-state index contributed by atoms with van der Waals surface area (Å²) < 4.78 is 32.2. The second kappa shape index (κ2) is 11.5. The van der Waals surface area contributed by atoms with Crippen molar-refractivity contribution in [2.24, 2.45) is 0 Å². The molecule has 186 valence electrons. The molecule has 1 aromatic heterocycles. The van der Waals surface area contributed by atoms with E-state index in [1.807, 2.05) is 30.3 Å². The van der Waals surface area contributed by atoms with Crippen LogP contribution in [-0.4, -0.2) is 48.9 Å². The van der Waals surface area contributed by atoms with Gasteiger partial charge in [-0.15, -0.1) is 10.2 Å². The molecule has 14 heteroatoms. The van der Waals surface area contributed by atoms with Crippen molar-refractivity contribution >= 4 is 55.5 Å². The average molecular weight is 538 g/mol. The molecule has 0 spiro atoms. The number of methoxy groups -OCH3 is 1. The summed E-state index contributed by atoms with van der Waals surface area (Å²) in [5.74, 6) is 0.0974. The third kappa shape index (κ3) is 6.68. The van der Waals surface area contributed by atoms with Crippen molar-refractivity contribution in [3.63, 3.8) is 0 Å². The summed E-state index contributed by atoms with van der Waals surface area (Å²) in [5.41, 5.74) is 0.663. The van der Waals surface area contributed by atoms with E-state index in [-0.39, 0.29) is 28.7 Å². The highest BCUT2D eigenvalue weighted by Gasteiger charge is 2.35. The summed E-state index contributed by atoms with van der Waals surface area (Å²) in [6.45, 7) is 1.63. The molecule has 0 saturated heterocycles. The number of hydrogen-bond acceptors (Lipinski definition) is 10. The first-order chi connectivity index (χ1) is 16.6. The Morgan fingerprint density at radius 3 is 2.57 bits per heavy atom. The average Bonchev–Trinajstić information content (AvgIpc) is 3.27. The quantitative estimate of drug-likeness (QED) is 0.166. The van der Waals surface area contributed by atoms with Gasteiger partial charge < -0.3 is 4.74 Å². The number of carbonyl (C=O) groups excluding carboxylic acids is 1. The van der Waals surface area contributed by atoms with Crippen LogP contribution in [0.15, 0.2) is 52.9 Å². The number of hydrogen-bond donors (Lipinski definition) is 1. The molecule has 1 amide bonds. The van der Waals surface area contributed by atoms with E-state index in [2.05, 4.69) is 15.5 Å². The van der Waals surface area contributed by atoms with Crippen LogP contribution in [0.1, 0.15) is 18.9 Å². The first-order valence-electron chi connectivity index (χ1n) is 10.3. The Hall–Kier alpha value is -3.23. The lowest BCUT2D eigenvalue weighted by Crippen LogP contribution is -2.47. The summed E-state index contributed by atoms with van der Waals surface area (Å²) in [4.78, 5) is 23.8. The molecule has 0 unspecified atom stereocenters. The number of ether oxygens (including phenoxy) is 1. The van der Waals surface area contributed by atoms with Gasteiger partial charge in [-0.2, -0.15) is 0 Å². The van der Waals surface area contributed by atoms with Crippen LogP contribution in [0, 0.1) is 10.1 Å². The molecule has 3 rings (SSSR count). The Labute approximate surface area is 210 Å². The smallest absolute Gasteiger partial charge is 0.271 e. The maximum absolute atomic E-state index is 13.2. The predicted octanol–water partition coefficient (Wildman–Crippen LogP) is 3.93. The molecule has 1 atom stereocenters. The second-order valence-corrected chi connectivity index (χ2v) is 11.3. The zero-order chi connectivity index (χ0) is 25.6. The highest BCUT2D eigenvalue weighted by Crippen LogP contribution is 2.36. The third-order valence-electron chi connectivity index (χ3n) is 4.78. The van der Waals surface area contributed by atoms with Crippen LogP contribution in [0.3, 0.4) is 0 Å². The van der Waals surface area contributed by atoms with E-state index in [9.17, 15) is 23.3 Å². The zero-order valence-electron chi connectivity index (χ0n) is 19.1.